The van der Waals surface area contributed by atoms with E-state index >= 15 is 0 Å². The maximum Gasteiger partial charge on any atom is 0.388 e. The fraction of sp³-hybridized carbons (Fsp3) is 0.103. The Morgan fingerprint density at radius 2 is 1.18 bits per heavy atom. The molecule has 1 atom stereocenters. The van der Waals surface area contributed by atoms with Crippen LogP contribution >= 0.6 is 8.24 Å². The zero-order valence-corrected chi connectivity index (χ0v) is 19.6. The van der Waals surface area contributed by atoms with Gasteiger partial charge in [0.05, 0.1) is 6.61 Å². The molecule has 0 bridgehead atoms. The topological polar surface area (TPSA) is 44.7 Å². The SMILES string of the molecule is COC[C@@H](Op1oc2ccc3ccccc3c2c2c(ccc3ccccc32)o1)c1ccccc1. The van der Waals surface area contributed by atoms with Crippen LogP contribution in [0, 0.1) is 0 Å². The first-order valence-electron chi connectivity index (χ1n) is 11.2. The van der Waals surface area contributed by atoms with E-state index in [-0.39, 0.29) is 6.10 Å². The van der Waals surface area contributed by atoms with E-state index in [1.54, 1.807) is 7.11 Å². The number of hydrogen-bond acceptors (Lipinski definition) is 4. The van der Waals surface area contributed by atoms with Gasteiger partial charge >= 0.3 is 8.24 Å². The van der Waals surface area contributed by atoms with Crippen LogP contribution in [0.2, 0.25) is 0 Å². The third kappa shape index (κ3) is 3.76. The van der Waals surface area contributed by atoms with Gasteiger partial charge in [-0.15, -0.1) is 0 Å². The van der Waals surface area contributed by atoms with Gasteiger partial charge in [0.2, 0.25) is 0 Å². The Morgan fingerprint density at radius 3 is 1.74 bits per heavy atom. The molecule has 6 aromatic rings. The predicted molar refractivity (Wildman–Crippen MR) is 139 cm³/mol. The van der Waals surface area contributed by atoms with Crippen molar-refractivity contribution in [3.63, 3.8) is 0 Å². The second kappa shape index (κ2) is 9.00. The molecule has 34 heavy (non-hydrogen) atoms. The second-order valence-corrected chi connectivity index (χ2v) is 9.21. The smallest absolute Gasteiger partial charge is 0.388 e. The van der Waals surface area contributed by atoms with Crippen molar-refractivity contribution >= 4 is 51.7 Å². The Bertz CT molecular complexity index is 1560. The minimum atomic E-state index is -1.74. The standard InChI is InChI=1S/C29H23O4P/c1-30-19-27(22-11-3-2-4-12-22)33-34-31-25-17-15-20-9-5-7-13-23(20)28(25)29-24-14-8-6-10-21(24)16-18-26(29)32-34/h2-18,27H,19H2,1H3/t27-/m1/s1. The summed E-state index contributed by atoms with van der Waals surface area (Å²) in [7, 11) is -0.0660. The fourth-order valence-electron chi connectivity index (χ4n) is 4.50. The summed E-state index contributed by atoms with van der Waals surface area (Å²) >= 11 is 0. The molecule has 0 spiro atoms. The molecule has 6 rings (SSSR count). The molecule has 5 heteroatoms. The number of hydrogen-bond donors (Lipinski definition) is 0. The maximum absolute atomic E-state index is 6.46. The van der Waals surface area contributed by atoms with E-state index in [9.17, 15) is 0 Å². The van der Waals surface area contributed by atoms with Crippen molar-refractivity contribution in [3.05, 3.63) is 109 Å². The van der Waals surface area contributed by atoms with Crippen LogP contribution in [0.3, 0.4) is 0 Å². The lowest BCUT2D eigenvalue weighted by atomic mass is 9.99. The summed E-state index contributed by atoms with van der Waals surface area (Å²) < 4.78 is 24.8. The minimum absolute atomic E-state index is 0.316. The number of rotatable bonds is 5. The molecule has 0 saturated carbocycles. The molecule has 1 heterocycles. The summed E-state index contributed by atoms with van der Waals surface area (Å²) in [6, 6.07) is 35.0. The van der Waals surface area contributed by atoms with Crippen molar-refractivity contribution in [1.29, 1.82) is 0 Å². The Balaban J connectivity index is 1.68. The highest BCUT2D eigenvalue weighted by atomic mass is 31.1. The Hall–Kier alpha value is -3.56. The van der Waals surface area contributed by atoms with E-state index < -0.39 is 8.24 Å². The molecule has 0 aliphatic heterocycles. The molecule has 168 valence electrons. The zero-order valence-electron chi connectivity index (χ0n) is 18.7. The van der Waals surface area contributed by atoms with Crippen LogP contribution in [0.15, 0.2) is 112 Å². The summed E-state index contributed by atoms with van der Waals surface area (Å²) in [6.45, 7) is 0.394. The van der Waals surface area contributed by atoms with Gasteiger partial charge in [-0.2, -0.15) is 0 Å². The Morgan fingerprint density at radius 1 is 0.647 bits per heavy atom. The summed E-state index contributed by atoms with van der Waals surface area (Å²) in [5.74, 6) is 0. The average molecular weight is 466 g/mol. The van der Waals surface area contributed by atoms with Gasteiger partial charge in [-0.3, -0.25) is 4.52 Å². The van der Waals surface area contributed by atoms with E-state index in [0.717, 1.165) is 49.0 Å². The van der Waals surface area contributed by atoms with Crippen LogP contribution < -0.4 is 4.52 Å². The lowest BCUT2D eigenvalue weighted by Crippen LogP contribution is -2.12. The average Bonchev–Trinajstić information content (AvgIpc) is 3.05. The number of methoxy groups -OCH3 is 1. The normalized spacial score (nSPS) is 12.5. The third-order valence-corrected chi connectivity index (χ3v) is 7.20. The van der Waals surface area contributed by atoms with Crippen molar-refractivity contribution in [2.24, 2.45) is 0 Å². The summed E-state index contributed by atoms with van der Waals surface area (Å²) in [5, 5.41) is 6.60. The molecule has 0 amide bonds. The van der Waals surface area contributed by atoms with Crippen molar-refractivity contribution in [2.75, 3.05) is 13.7 Å². The van der Waals surface area contributed by atoms with Crippen LogP contribution in [0.25, 0.3) is 43.5 Å². The first kappa shape index (κ1) is 21.0. The first-order chi connectivity index (χ1) is 16.8. The van der Waals surface area contributed by atoms with Gasteiger partial charge in [0.1, 0.15) is 17.3 Å². The largest absolute Gasteiger partial charge is 0.399 e. The van der Waals surface area contributed by atoms with E-state index in [1.807, 2.05) is 42.5 Å². The second-order valence-electron chi connectivity index (χ2n) is 8.19. The zero-order chi connectivity index (χ0) is 22.9. The van der Waals surface area contributed by atoms with Crippen LogP contribution in [-0.4, -0.2) is 13.7 Å². The first-order valence-corrected chi connectivity index (χ1v) is 12.3. The summed E-state index contributed by atoms with van der Waals surface area (Å²) in [4.78, 5) is 0. The number of ether oxygens (including phenoxy) is 1. The molecule has 0 aliphatic rings. The van der Waals surface area contributed by atoms with Gasteiger partial charge in [-0.1, -0.05) is 91.0 Å². The molecule has 5 aromatic carbocycles. The van der Waals surface area contributed by atoms with Gasteiger partial charge in [0.15, 0.2) is 0 Å². The van der Waals surface area contributed by atoms with Crippen LogP contribution in [0.4, 0.5) is 0 Å². The Labute approximate surface area is 198 Å². The number of fused-ring (bicyclic) bond motifs is 7. The molecular weight excluding hydrogens is 443 g/mol. The highest BCUT2D eigenvalue weighted by molar-refractivity contribution is 7.31. The van der Waals surface area contributed by atoms with E-state index in [0.29, 0.717) is 6.61 Å². The van der Waals surface area contributed by atoms with Gasteiger partial charge in [0, 0.05) is 17.9 Å². The molecule has 0 unspecified atom stereocenters. The van der Waals surface area contributed by atoms with Gasteiger partial charge in [0.25, 0.3) is 0 Å². The van der Waals surface area contributed by atoms with E-state index in [4.69, 9.17) is 17.7 Å². The van der Waals surface area contributed by atoms with Crippen molar-refractivity contribution < 1.29 is 17.7 Å². The van der Waals surface area contributed by atoms with Gasteiger partial charge < -0.3 is 13.1 Å². The molecule has 0 saturated heterocycles. The third-order valence-electron chi connectivity index (χ3n) is 6.08. The molecular formula is C29H23O4P. The molecule has 1 aromatic heterocycles. The van der Waals surface area contributed by atoms with Gasteiger partial charge in [-0.25, -0.2) is 0 Å². The van der Waals surface area contributed by atoms with Crippen LogP contribution in [-0.2, 0) is 4.74 Å². The van der Waals surface area contributed by atoms with E-state index in [1.165, 1.54) is 0 Å². The molecule has 0 fully saturated rings. The number of benzene rings is 5. The fourth-order valence-corrected chi connectivity index (χ4v) is 5.64. The quantitative estimate of drug-likeness (QED) is 0.256. The highest BCUT2D eigenvalue weighted by Crippen LogP contribution is 2.41. The van der Waals surface area contributed by atoms with Gasteiger partial charge in [-0.05, 0) is 39.2 Å². The van der Waals surface area contributed by atoms with Crippen molar-refractivity contribution in [2.45, 2.75) is 6.10 Å². The Kier molecular flexibility index (Phi) is 5.56. The predicted octanol–water partition coefficient (Wildman–Crippen LogP) is 8.41. The summed E-state index contributed by atoms with van der Waals surface area (Å²) in [5.41, 5.74) is 2.52. The van der Waals surface area contributed by atoms with Crippen molar-refractivity contribution in [1.82, 2.24) is 0 Å². The lowest BCUT2D eigenvalue weighted by Gasteiger charge is -2.14. The highest BCUT2D eigenvalue weighted by Gasteiger charge is 2.18. The van der Waals surface area contributed by atoms with Crippen LogP contribution in [0.1, 0.15) is 11.7 Å². The summed E-state index contributed by atoms with van der Waals surface area (Å²) in [6.07, 6.45) is -0.316. The molecule has 0 N–H and O–H groups in total. The van der Waals surface area contributed by atoms with Crippen molar-refractivity contribution in [3.8, 4) is 0 Å². The molecule has 0 aliphatic carbocycles. The van der Waals surface area contributed by atoms with E-state index in [2.05, 4.69) is 60.7 Å². The van der Waals surface area contributed by atoms with Crippen LogP contribution in [0.5, 0.6) is 0 Å². The maximum atomic E-state index is 6.46. The lowest BCUT2D eigenvalue weighted by molar-refractivity contribution is 0.105. The molecule has 0 radical (unpaired) electrons. The molecule has 4 nitrogen and oxygen atoms in total. The monoisotopic (exact) mass is 466 g/mol. The minimum Gasteiger partial charge on any atom is -0.399 e.